The molecule has 1 amide bonds. The standard InChI is InChI=1S/C9H14N6O4/c1-5-6(15(17)18)7(14-9(11-2)13-5)12-3-4-19-8(10)16/h3-4H2,1-2H3,(H2,10,16)(H2,11,12,13,14). The molecule has 1 aromatic heterocycles. The highest BCUT2D eigenvalue weighted by molar-refractivity contribution is 5.64. The molecular formula is C9H14N6O4. The molecule has 104 valence electrons. The molecule has 1 aromatic rings. The van der Waals surface area contributed by atoms with E-state index in [1.807, 2.05) is 0 Å². The summed E-state index contributed by atoms with van der Waals surface area (Å²) in [6.45, 7) is 1.62. The molecule has 0 aliphatic rings. The summed E-state index contributed by atoms with van der Waals surface area (Å²) in [5.74, 6) is 0.302. The third-order valence-electron chi connectivity index (χ3n) is 2.10. The van der Waals surface area contributed by atoms with Gasteiger partial charge in [0.1, 0.15) is 12.3 Å². The Morgan fingerprint density at radius 2 is 2.21 bits per heavy atom. The lowest BCUT2D eigenvalue weighted by atomic mass is 10.3. The predicted octanol–water partition coefficient (Wildman–Crippen LogP) is 0.242. The quantitative estimate of drug-likeness (QED) is 0.378. The minimum atomic E-state index is -0.911. The molecule has 0 spiro atoms. The number of amides is 1. The average Bonchev–Trinajstić information content (AvgIpc) is 2.33. The van der Waals surface area contributed by atoms with E-state index in [1.54, 1.807) is 7.05 Å². The van der Waals surface area contributed by atoms with Crippen LogP contribution in [-0.2, 0) is 4.74 Å². The van der Waals surface area contributed by atoms with E-state index in [2.05, 4.69) is 25.3 Å². The Morgan fingerprint density at radius 1 is 1.53 bits per heavy atom. The number of aryl methyl sites for hydroxylation is 1. The van der Waals surface area contributed by atoms with Gasteiger partial charge in [0.25, 0.3) is 0 Å². The maximum Gasteiger partial charge on any atom is 0.404 e. The Balaban J connectivity index is 2.87. The lowest BCUT2D eigenvalue weighted by Crippen LogP contribution is -2.19. The van der Waals surface area contributed by atoms with Gasteiger partial charge in [0.05, 0.1) is 11.5 Å². The van der Waals surface area contributed by atoms with Crippen molar-refractivity contribution in [3.05, 3.63) is 15.8 Å². The van der Waals surface area contributed by atoms with Crippen LogP contribution in [0.25, 0.3) is 0 Å². The molecule has 10 heteroatoms. The fraction of sp³-hybridized carbons (Fsp3) is 0.444. The summed E-state index contributed by atoms with van der Waals surface area (Å²) in [4.78, 5) is 28.6. The van der Waals surface area contributed by atoms with Gasteiger partial charge in [-0.05, 0) is 6.92 Å². The average molecular weight is 270 g/mol. The van der Waals surface area contributed by atoms with Gasteiger partial charge in [-0.1, -0.05) is 0 Å². The van der Waals surface area contributed by atoms with Crippen LogP contribution >= 0.6 is 0 Å². The van der Waals surface area contributed by atoms with Crippen LogP contribution in [0, 0.1) is 17.0 Å². The van der Waals surface area contributed by atoms with Crippen LogP contribution in [0.15, 0.2) is 0 Å². The smallest absolute Gasteiger partial charge is 0.404 e. The zero-order valence-electron chi connectivity index (χ0n) is 10.5. The number of carbonyl (C=O) groups is 1. The van der Waals surface area contributed by atoms with Gasteiger partial charge in [0.2, 0.25) is 11.8 Å². The number of aromatic nitrogens is 2. The number of anilines is 2. The van der Waals surface area contributed by atoms with Gasteiger partial charge < -0.3 is 21.1 Å². The van der Waals surface area contributed by atoms with E-state index in [4.69, 9.17) is 5.73 Å². The molecular weight excluding hydrogens is 256 g/mol. The molecule has 0 atom stereocenters. The first-order chi connectivity index (χ1) is 8.95. The van der Waals surface area contributed by atoms with Crippen LogP contribution in [0.3, 0.4) is 0 Å². The third-order valence-corrected chi connectivity index (χ3v) is 2.10. The maximum absolute atomic E-state index is 10.9. The van der Waals surface area contributed by atoms with E-state index in [9.17, 15) is 14.9 Å². The lowest BCUT2D eigenvalue weighted by molar-refractivity contribution is -0.385. The summed E-state index contributed by atoms with van der Waals surface area (Å²) >= 11 is 0. The second kappa shape index (κ2) is 6.33. The molecule has 0 aliphatic heterocycles. The van der Waals surface area contributed by atoms with Crippen molar-refractivity contribution in [2.45, 2.75) is 6.92 Å². The first-order valence-electron chi connectivity index (χ1n) is 5.32. The Morgan fingerprint density at radius 3 is 2.74 bits per heavy atom. The van der Waals surface area contributed by atoms with E-state index in [0.29, 0.717) is 0 Å². The number of nitrogens with one attached hydrogen (secondary N) is 2. The topological polar surface area (TPSA) is 145 Å². The van der Waals surface area contributed by atoms with Gasteiger partial charge in [-0.2, -0.15) is 4.98 Å². The van der Waals surface area contributed by atoms with E-state index < -0.39 is 11.0 Å². The van der Waals surface area contributed by atoms with Crippen molar-refractivity contribution < 1.29 is 14.5 Å². The zero-order valence-corrected chi connectivity index (χ0v) is 10.5. The van der Waals surface area contributed by atoms with Gasteiger partial charge >= 0.3 is 11.8 Å². The molecule has 1 rings (SSSR count). The van der Waals surface area contributed by atoms with Crippen molar-refractivity contribution in [3.63, 3.8) is 0 Å². The number of primary amides is 1. The van der Waals surface area contributed by atoms with Crippen LogP contribution < -0.4 is 16.4 Å². The molecule has 10 nitrogen and oxygen atoms in total. The molecule has 0 fully saturated rings. The minimum absolute atomic E-state index is 0.0234. The molecule has 0 aliphatic carbocycles. The molecule has 1 heterocycles. The summed E-state index contributed by atoms with van der Waals surface area (Å²) in [5.41, 5.74) is 4.79. The summed E-state index contributed by atoms with van der Waals surface area (Å²) in [6.07, 6.45) is -0.911. The van der Waals surface area contributed by atoms with Crippen molar-refractivity contribution in [1.29, 1.82) is 0 Å². The SMILES string of the molecule is CNc1nc(C)c([N+](=O)[O-])c(NCCOC(N)=O)n1. The van der Waals surface area contributed by atoms with Crippen molar-refractivity contribution in [2.75, 3.05) is 30.8 Å². The number of hydrogen-bond acceptors (Lipinski definition) is 8. The number of nitrogens with two attached hydrogens (primary N) is 1. The van der Waals surface area contributed by atoms with Gasteiger partial charge in [0.15, 0.2) is 0 Å². The Hall–Kier alpha value is -2.65. The lowest BCUT2D eigenvalue weighted by Gasteiger charge is -2.09. The van der Waals surface area contributed by atoms with Gasteiger partial charge in [-0.25, -0.2) is 9.78 Å². The summed E-state index contributed by atoms with van der Waals surface area (Å²) in [6, 6.07) is 0. The van der Waals surface area contributed by atoms with Crippen molar-refractivity contribution in [2.24, 2.45) is 5.73 Å². The highest BCUT2D eigenvalue weighted by Crippen LogP contribution is 2.26. The Labute approximate surface area is 108 Å². The summed E-state index contributed by atoms with van der Waals surface area (Å²) in [5, 5.41) is 16.3. The Bertz CT molecular complexity index is 492. The van der Waals surface area contributed by atoms with Crippen molar-refractivity contribution in [3.8, 4) is 0 Å². The molecule has 19 heavy (non-hydrogen) atoms. The van der Waals surface area contributed by atoms with Crippen LogP contribution in [-0.4, -0.2) is 41.2 Å². The predicted molar refractivity (Wildman–Crippen MR) is 67.0 cm³/mol. The zero-order chi connectivity index (χ0) is 14.4. The van der Waals surface area contributed by atoms with Crippen LogP contribution in [0.1, 0.15) is 5.69 Å². The van der Waals surface area contributed by atoms with E-state index >= 15 is 0 Å². The van der Waals surface area contributed by atoms with Crippen LogP contribution in [0.5, 0.6) is 0 Å². The van der Waals surface area contributed by atoms with Crippen LogP contribution in [0.2, 0.25) is 0 Å². The van der Waals surface area contributed by atoms with E-state index in [-0.39, 0.29) is 36.3 Å². The third kappa shape index (κ3) is 3.94. The first-order valence-corrected chi connectivity index (χ1v) is 5.32. The monoisotopic (exact) mass is 270 g/mol. The highest BCUT2D eigenvalue weighted by atomic mass is 16.6. The molecule has 0 saturated heterocycles. The van der Waals surface area contributed by atoms with Crippen molar-refractivity contribution >= 4 is 23.5 Å². The highest BCUT2D eigenvalue weighted by Gasteiger charge is 2.21. The number of ether oxygens (including phenoxy) is 1. The molecule has 0 radical (unpaired) electrons. The molecule has 0 saturated carbocycles. The van der Waals surface area contributed by atoms with Crippen molar-refractivity contribution in [1.82, 2.24) is 9.97 Å². The summed E-state index contributed by atoms with van der Waals surface area (Å²) < 4.78 is 4.50. The number of rotatable bonds is 6. The van der Waals surface area contributed by atoms with Gasteiger partial charge in [-0.3, -0.25) is 10.1 Å². The number of nitro groups is 1. The number of carbonyl (C=O) groups excluding carboxylic acids is 1. The fourth-order valence-electron chi connectivity index (χ4n) is 1.34. The molecule has 4 N–H and O–H groups in total. The number of nitrogens with zero attached hydrogens (tertiary/aromatic N) is 3. The number of hydrogen-bond donors (Lipinski definition) is 3. The van der Waals surface area contributed by atoms with E-state index in [0.717, 1.165) is 0 Å². The first kappa shape index (κ1) is 14.4. The largest absolute Gasteiger partial charge is 0.448 e. The summed E-state index contributed by atoms with van der Waals surface area (Å²) in [7, 11) is 1.60. The molecule has 0 unspecified atom stereocenters. The van der Waals surface area contributed by atoms with Gasteiger partial charge in [-0.15, -0.1) is 0 Å². The maximum atomic E-state index is 10.9. The molecule has 0 aromatic carbocycles. The van der Waals surface area contributed by atoms with Gasteiger partial charge in [0, 0.05) is 7.05 Å². The van der Waals surface area contributed by atoms with Crippen LogP contribution in [0.4, 0.5) is 22.2 Å². The van der Waals surface area contributed by atoms with E-state index in [1.165, 1.54) is 6.92 Å². The second-order valence-corrected chi connectivity index (χ2v) is 3.43. The minimum Gasteiger partial charge on any atom is -0.448 e. The fourth-order valence-corrected chi connectivity index (χ4v) is 1.34. The molecule has 0 bridgehead atoms. The normalized spacial score (nSPS) is 9.79. The Kier molecular flexibility index (Phi) is 4.80. The second-order valence-electron chi connectivity index (χ2n) is 3.43.